The van der Waals surface area contributed by atoms with E-state index in [1.807, 2.05) is 50.4 Å². The summed E-state index contributed by atoms with van der Waals surface area (Å²) in [6, 6.07) is 11.4. The Morgan fingerprint density at radius 3 is 2.86 bits per heavy atom. The molecule has 1 amide bonds. The molecule has 2 aromatic heterocycles. The first-order valence-electron chi connectivity index (χ1n) is 7.10. The van der Waals surface area contributed by atoms with Crippen molar-refractivity contribution in [1.29, 1.82) is 0 Å². The molecule has 0 fully saturated rings. The largest absolute Gasteiger partial charge is 0.459 e. The molecule has 0 spiro atoms. The van der Waals surface area contributed by atoms with Crippen LogP contribution in [0.1, 0.15) is 34.6 Å². The fourth-order valence-corrected chi connectivity index (χ4v) is 2.31. The first-order chi connectivity index (χ1) is 10.6. The Bertz CT molecular complexity index is 775. The minimum atomic E-state index is -0.209. The summed E-state index contributed by atoms with van der Waals surface area (Å²) in [5, 5.41) is 7.16. The van der Waals surface area contributed by atoms with Crippen LogP contribution in [0.3, 0.4) is 0 Å². The maximum absolute atomic E-state index is 12.2. The Hall–Kier alpha value is -2.82. The molecule has 112 valence electrons. The quantitative estimate of drug-likeness (QED) is 0.803. The molecule has 0 saturated carbocycles. The van der Waals surface area contributed by atoms with E-state index >= 15 is 0 Å². The van der Waals surface area contributed by atoms with Crippen molar-refractivity contribution in [3.8, 4) is 5.69 Å². The molecule has 0 radical (unpaired) electrons. The number of aryl methyl sites for hydroxylation is 1. The molecule has 22 heavy (non-hydrogen) atoms. The zero-order valence-electron chi connectivity index (χ0n) is 12.5. The summed E-state index contributed by atoms with van der Waals surface area (Å²) in [5.74, 6) is 0.148. The maximum atomic E-state index is 12.2. The summed E-state index contributed by atoms with van der Waals surface area (Å²) in [6.07, 6.45) is 5.14. The molecule has 1 aromatic carbocycles. The molecule has 5 nitrogen and oxygen atoms in total. The number of benzene rings is 1. The van der Waals surface area contributed by atoms with Crippen molar-refractivity contribution in [1.82, 2.24) is 15.1 Å². The molecule has 1 N–H and O–H groups in total. The lowest BCUT2D eigenvalue weighted by Crippen LogP contribution is -2.26. The van der Waals surface area contributed by atoms with Gasteiger partial charge >= 0.3 is 0 Å². The number of rotatable bonds is 4. The van der Waals surface area contributed by atoms with E-state index in [0.717, 1.165) is 16.8 Å². The Balaban J connectivity index is 1.78. The van der Waals surface area contributed by atoms with Gasteiger partial charge in [0, 0.05) is 18.0 Å². The minimum absolute atomic E-state index is 0.132. The molecule has 0 unspecified atom stereocenters. The van der Waals surface area contributed by atoms with Crippen molar-refractivity contribution in [3.05, 3.63) is 71.9 Å². The van der Waals surface area contributed by atoms with Crippen LogP contribution in [0, 0.1) is 6.92 Å². The molecule has 0 aliphatic rings. The van der Waals surface area contributed by atoms with Crippen LogP contribution in [0.25, 0.3) is 5.69 Å². The predicted octanol–water partition coefficient (Wildman–Crippen LogP) is 3.26. The first kappa shape index (κ1) is 14.1. The van der Waals surface area contributed by atoms with Crippen molar-refractivity contribution in [2.24, 2.45) is 0 Å². The zero-order valence-corrected chi connectivity index (χ0v) is 12.5. The van der Waals surface area contributed by atoms with E-state index in [1.165, 1.54) is 6.26 Å². The Morgan fingerprint density at radius 2 is 2.18 bits per heavy atom. The monoisotopic (exact) mass is 295 g/mol. The average Bonchev–Trinajstić information content (AvgIpc) is 3.18. The van der Waals surface area contributed by atoms with Crippen LogP contribution in [0.5, 0.6) is 0 Å². The van der Waals surface area contributed by atoms with E-state index in [9.17, 15) is 4.79 Å². The lowest BCUT2D eigenvalue weighted by Gasteiger charge is -2.15. The first-order valence-corrected chi connectivity index (χ1v) is 7.10. The molecule has 0 bridgehead atoms. The second-order valence-corrected chi connectivity index (χ2v) is 5.17. The molecule has 3 rings (SSSR count). The van der Waals surface area contributed by atoms with Crippen LogP contribution >= 0.6 is 0 Å². The number of carbonyl (C=O) groups excluding carboxylic acids is 1. The Morgan fingerprint density at radius 1 is 1.32 bits per heavy atom. The summed E-state index contributed by atoms with van der Waals surface area (Å²) in [7, 11) is 0. The van der Waals surface area contributed by atoms with E-state index in [-0.39, 0.29) is 11.9 Å². The number of aromatic nitrogens is 2. The minimum Gasteiger partial charge on any atom is -0.459 e. The van der Waals surface area contributed by atoms with Crippen LogP contribution in [-0.4, -0.2) is 15.7 Å². The van der Waals surface area contributed by atoms with E-state index in [4.69, 9.17) is 4.42 Å². The number of carbonyl (C=O) groups is 1. The highest BCUT2D eigenvalue weighted by molar-refractivity contribution is 5.93. The van der Waals surface area contributed by atoms with Gasteiger partial charge in [0.05, 0.1) is 18.0 Å². The standard InChI is InChI=1S/C17H17N3O2/c1-12-7-10-22-16(12)17(21)19-13(2)14-5-3-6-15(11-14)20-9-4-8-18-20/h3-11,13H,1-2H3,(H,19,21)/t13-/m0/s1. The number of hydrogen-bond acceptors (Lipinski definition) is 3. The number of nitrogens with zero attached hydrogens (tertiary/aromatic N) is 2. The molecular weight excluding hydrogens is 278 g/mol. The van der Waals surface area contributed by atoms with Gasteiger partial charge in [0.2, 0.25) is 0 Å². The third-order valence-electron chi connectivity index (χ3n) is 3.56. The molecule has 0 aliphatic heterocycles. The second-order valence-electron chi connectivity index (χ2n) is 5.17. The van der Waals surface area contributed by atoms with Gasteiger partial charge in [-0.05, 0) is 43.7 Å². The van der Waals surface area contributed by atoms with Crippen molar-refractivity contribution >= 4 is 5.91 Å². The van der Waals surface area contributed by atoms with Crippen molar-refractivity contribution in [2.75, 3.05) is 0 Å². The Kier molecular flexibility index (Phi) is 3.78. The maximum Gasteiger partial charge on any atom is 0.287 e. The average molecular weight is 295 g/mol. The van der Waals surface area contributed by atoms with Gasteiger partial charge < -0.3 is 9.73 Å². The van der Waals surface area contributed by atoms with Crippen LogP contribution < -0.4 is 5.32 Å². The van der Waals surface area contributed by atoms with Gasteiger partial charge in [-0.3, -0.25) is 4.79 Å². The smallest absolute Gasteiger partial charge is 0.287 e. The van der Waals surface area contributed by atoms with Gasteiger partial charge in [-0.15, -0.1) is 0 Å². The SMILES string of the molecule is Cc1ccoc1C(=O)N[C@@H](C)c1cccc(-n2cccn2)c1. The number of amides is 1. The number of furan rings is 1. The Labute approximate surface area is 128 Å². The van der Waals surface area contributed by atoms with E-state index in [0.29, 0.717) is 5.76 Å². The van der Waals surface area contributed by atoms with Gasteiger partial charge in [-0.2, -0.15) is 5.10 Å². The number of nitrogens with one attached hydrogen (secondary N) is 1. The molecule has 1 atom stereocenters. The van der Waals surface area contributed by atoms with Gasteiger partial charge in [0.15, 0.2) is 5.76 Å². The predicted molar refractivity (Wildman–Crippen MR) is 82.9 cm³/mol. The van der Waals surface area contributed by atoms with Crippen LogP contribution in [-0.2, 0) is 0 Å². The van der Waals surface area contributed by atoms with Gasteiger partial charge in [-0.1, -0.05) is 12.1 Å². The second kappa shape index (κ2) is 5.89. The molecule has 0 aliphatic carbocycles. The lowest BCUT2D eigenvalue weighted by molar-refractivity contribution is 0.0911. The summed E-state index contributed by atoms with van der Waals surface area (Å²) in [6.45, 7) is 3.79. The fraction of sp³-hybridized carbons (Fsp3) is 0.176. The highest BCUT2D eigenvalue weighted by atomic mass is 16.3. The van der Waals surface area contributed by atoms with Crippen LogP contribution in [0.4, 0.5) is 0 Å². The van der Waals surface area contributed by atoms with Crippen molar-refractivity contribution in [3.63, 3.8) is 0 Å². The van der Waals surface area contributed by atoms with Crippen LogP contribution in [0.2, 0.25) is 0 Å². The van der Waals surface area contributed by atoms with Crippen LogP contribution in [0.15, 0.2) is 59.5 Å². The highest BCUT2D eigenvalue weighted by Crippen LogP contribution is 2.18. The molecule has 3 aromatic rings. The van der Waals surface area contributed by atoms with Gasteiger partial charge in [0.25, 0.3) is 5.91 Å². The molecule has 2 heterocycles. The normalized spacial score (nSPS) is 12.1. The summed E-state index contributed by atoms with van der Waals surface area (Å²) < 4.78 is 7.01. The van der Waals surface area contributed by atoms with Gasteiger partial charge in [-0.25, -0.2) is 4.68 Å². The topological polar surface area (TPSA) is 60.1 Å². The summed E-state index contributed by atoms with van der Waals surface area (Å²) in [4.78, 5) is 12.2. The fourth-order valence-electron chi connectivity index (χ4n) is 2.31. The molecule has 5 heteroatoms. The number of hydrogen-bond donors (Lipinski definition) is 1. The van der Waals surface area contributed by atoms with E-state index in [1.54, 1.807) is 16.9 Å². The van der Waals surface area contributed by atoms with Crippen molar-refractivity contribution in [2.45, 2.75) is 19.9 Å². The lowest BCUT2D eigenvalue weighted by atomic mass is 10.1. The summed E-state index contributed by atoms with van der Waals surface area (Å²) in [5.41, 5.74) is 2.79. The zero-order chi connectivity index (χ0) is 15.5. The highest BCUT2D eigenvalue weighted by Gasteiger charge is 2.16. The van der Waals surface area contributed by atoms with E-state index in [2.05, 4.69) is 10.4 Å². The third kappa shape index (κ3) is 2.79. The van der Waals surface area contributed by atoms with Crippen molar-refractivity contribution < 1.29 is 9.21 Å². The third-order valence-corrected chi connectivity index (χ3v) is 3.56. The van der Waals surface area contributed by atoms with E-state index < -0.39 is 0 Å². The van der Waals surface area contributed by atoms with Gasteiger partial charge in [0.1, 0.15) is 0 Å². The molecule has 0 saturated heterocycles. The summed E-state index contributed by atoms with van der Waals surface area (Å²) >= 11 is 0. The molecular formula is C17H17N3O2.